The first-order valence-electron chi connectivity index (χ1n) is 7.13. The summed E-state index contributed by atoms with van der Waals surface area (Å²) in [4.78, 5) is 0. The molecule has 2 rings (SSSR count). The highest BCUT2D eigenvalue weighted by atomic mass is 31.1. The molecule has 0 aromatic heterocycles. The van der Waals surface area contributed by atoms with E-state index in [0.29, 0.717) is 0 Å². The van der Waals surface area contributed by atoms with Gasteiger partial charge in [-0.05, 0) is 42.4 Å². The SMILES string of the molecule is CCC1=C(CC)P(Cc2ccc(C)cc2)C=CC=C1. The van der Waals surface area contributed by atoms with Gasteiger partial charge in [-0.3, -0.25) is 0 Å². The quantitative estimate of drug-likeness (QED) is 0.577. The molecule has 1 aromatic rings. The van der Waals surface area contributed by atoms with Gasteiger partial charge in [0.15, 0.2) is 0 Å². The molecular formula is C18H23P. The van der Waals surface area contributed by atoms with Crippen LogP contribution < -0.4 is 0 Å². The second-order valence-electron chi connectivity index (χ2n) is 4.99. The molecule has 1 heterocycles. The van der Waals surface area contributed by atoms with Crippen LogP contribution in [0.4, 0.5) is 0 Å². The summed E-state index contributed by atoms with van der Waals surface area (Å²) in [7, 11) is -0.156. The van der Waals surface area contributed by atoms with Crippen LogP contribution >= 0.6 is 7.92 Å². The van der Waals surface area contributed by atoms with E-state index in [1.807, 2.05) is 0 Å². The summed E-state index contributed by atoms with van der Waals surface area (Å²) >= 11 is 0. The van der Waals surface area contributed by atoms with E-state index < -0.39 is 0 Å². The molecule has 100 valence electrons. The molecule has 0 N–H and O–H groups in total. The molecule has 0 saturated carbocycles. The van der Waals surface area contributed by atoms with Gasteiger partial charge in [-0.2, -0.15) is 0 Å². The third kappa shape index (κ3) is 3.67. The van der Waals surface area contributed by atoms with Crippen LogP contribution in [0.25, 0.3) is 0 Å². The van der Waals surface area contributed by atoms with E-state index in [-0.39, 0.29) is 7.92 Å². The second kappa shape index (κ2) is 6.87. The minimum absolute atomic E-state index is 0.156. The fourth-order valence-corrected chi connectivity index (χ4v) is 4.88. The molecule has 1 heteroatoms. The summed E-state index contributed by atoms with van der Waals surface area (Å²) in [6.07, 6.45) is 10.2. The Hall–Kier alpha value is -1.13. The van der Waals surface area contributed by atoms with Crippen molar-refractivity contribution in [2.24, 2.45) is 0 Å². The molecule has 1 atom stereocenters. The van der Waals surface area contributed by atoms with Crippen molar-refractivity contribution in [2.45, 2.75) is 39.8 Å². The molecule has 1 aromatic carbocycles. The van der Waals surface area contributed by atoms with E-state index in [2.05, 4.69) is 69.1 Å². The van der Waals surface area contributed by atoms with E-state index in [0.717, 1.165) is 6.42 Å². The van der Waals surface area contributed by atoms with Gasteiger partial charge in [-0.1, -0.05) is 75.6 Å². The molecule has 1 unspecified atom stereocenters. The van der Waals surface area contributed by atoms with Crippen LogP contribution in [0.1, 0.15) is 37.8 Å². The minimum atomic E-state index is -0.156. The van der Waals surface area contributed by atoms with Crippen molar-refractivity contribution in [2.75, 3.05) is 0 Å². The summed E-state index contributed by atoms with van der Waals surface area (Å²) in [5, 5.41) is 1.67. The van der Waals surface area contributed by atoms with Crippen molar-refractivity contribution in [3.63, 3.8) is 0 Å². The highest BCUT2D eigenvalue weighted by Gasteiger charge is 2.14. The molecule has 0 bridgehead atoms. The Balaban J connectivity index is 2.24. The number of benzene rings is 1. The monoisotopic (exact) mass is 270 g/mol. The molecule has 1 aliphatic heterocycles. The van der Waals surface area contributed by atoms with Crippen molar-refractivity contribution < 1.29 is 0 Å². The van der Waals surface area contributed by atoms with Crippen LogP contribution in [0.15, 0.2) is 59.2 Å². The molecule has 0 spiro atoms. The Kier molecular flexibility index (Phi) is 5.16. The Morgan fingerprint density at radius 1 is 0.947 bits per heavy atom. The lowest BCUT2D eigenvalue weighted by Gasteiger charge is -2.19. The molecule has 0 radical (unpaired) electrons. The summed E-state index contributed by atoms with van der Waals surface area (Å²) < 4.78 is 0. The second-order valence-corrected chi connectivity index (χ2v) is 7.09. The minimum Gasteiger partial charge on any atom is -0.0619 e. The normalized spacial score (nSPS) is 18.8. The molecule has 0 saturated heterocycles. The molecule has 0 aliphatic carbocycles. The lowest BCUT2D eigenvalue weighted by atomic mass is 10.1. The van der Waals surface area contributed by atoms with Crippen molar-refractivity contribution in [1.82, 2.24) is 0 Å². The fourth-order valence-electron chi connectivity index (χ4n) is 2.49. The van der Waals surface area contributed by atoms with Crippen LogP contribution in [0.5, 0.6) is 0 Å². The lowest BCUT2D eigenvalue weighted by molar-refractivity contribution is 1.08. The predicted molar refractivity (Wildman–Crippen MR) is 87.7 cm³/mol. The van der Waals surface area contributed by atoms with E-state index >= 15 is 0 Å². The zero-order valence-electron chi connectivity index (χ0n) is 12.2. The number of rotatable bonds is 4. The summed E-state index contributed by atoms with van der Waals surface area (Å²) in [5.74, 6) is 2.42. The molecule has 19 heavy (non-hydrogen) atoms. The summed E-state index contributed by atoms with van der Waals surface area (Å²) in [6, 6.07) is 9.01. The van der Waals surface area contributed by atoms with Gasteiger partial charge < -0.3 is 0 Å². The van der Waals surface area contributed by atoms with Crippen molar-refractivity contribution >= 4 is 7.92 Å². The van der Waals surface area contributed by atoms with Crippen molar-refractivity contribution in [3.8, 4) is 0 Å². The number of aryl methyl sites for hydroxylation is 1. The van der Waals surface area contributed by atoms with Crippen LogP contribution in [0.3, 0.4) is 0 Å². The van der Waals surface area contributed by atoms with Gasteiger partial charge in [-0.25, -0.2) is 0 Å². The predicted octanol–water partition coefficient (Wildman–Crippen LogP) is 6.13. The fraction of sp³-hybridized carbons (Fsp3) is 0.333. The van der Waals surface area contributed by atoms with Gasteiger partial charge >= 0.3 is 0 Å². The van der Waals surface area contributed by atoms with Gasteiger partial charge in [-0.15, -0.1) is 0 Å². The first kappa shape index (κ1) is 14.3. The number of hydrogen-bond acceptors (Lipinski definition) is 0. The summed E-state index contributed by atoms with van der Waals surface area (Å²) in [6.45, 7) is 6.71. The topological polar surface area (TPSA) is 0 Å². The zero-order valence-corrected chi connectivity index (χ0v) is 13.1. The summed E-state index contributed by atoms with van der Waals surface area (Å²) in [5.41, 5.74) is 4.35. The average molecular weight is 270 g/mol. The number of hydrogen-bond donors (Lipinski definition) is 0. The third-order valence-corrected chi connectivity index (χ3v) is 6.12. The highest BCUT2D eigenvalue weighted by molar-refractivity contribution is 7.64. The lowest BCUT2D eigenvalue weighted by Crippen LogP contribution is -1.90. The molecule has 0 amide bonds. The Labute approximate surface area is 118 Å². The molecule has 0 nitrogen and oxygen atoms in total. The Morgan fingerprint density at radius 3 is 2.32 bits per heavy atom. The third-order valence-electron chi connectivity index (χ3n) is 3.58. The van der Waals surface area contributed by atoms with Gasteiger partial charge in [0.25, 0.3) is 0 Å². The van der Waals surface area contributed by atoms with Crippen molar-refractivity contribution in [3.05, 3.63) is 70.3 Å². The Morgan fingerprint density at radius 2 is 1.68 bits per heavy atom. The smallest absolute Gasteiger partial charge is 0.000100 e. The Bertz CT molecular complexity index is 503. The maximum Gasteiger partial charge on any atom is -0.000100 e. The first-order valence-corrected chi connectivity index (χ1v) is 8.73. The van der Waals surface area contributed by atoms with Crippen LogP contribution in [-0.2, 0) is 6.16 Å². The van der Waals surface area contributed by atoms with Gasteiger partial charge in [0, 0.05) is 0 Å². The maximum atomic E-state index is 2.42. The standard InChI is InChI=1S/C18H23P/c1-4-17-8-6-7-13-19(18(17)5-2)14-16-11-9-15(3)10-12-16/h6-13H,4-5,14H2,1-3H3. The number of allylic oxidation sites excluding steroid dienone is 5. The average Bonchev–Trinajstić information content (AvgIpc) is 2.62. The van der Waals surface area contributed by atoms with E-state index in [1.165, 1.54) is 23.7 Å². The van der Waals surface area contributed by atoms with Crippen LogP contribution in [0.2, 0.25) is 0 Å². The van der Waals surface area contributed by atoms with Gasteiger partial charge in [0.05, 0.1) is 0 Å². The molecular weight excluding hydrogens is 247 g/mol. The van der Waals surface area contributed by atoms with E-state index in [1.54, 1.807) is 10.9 Å². The van der Waals surface area contributed by atoms with Crippen LogP contribution in [0, 0.1) is 6.92 Å². The van der Waals surface area contributed by atoms with Gasteiger partial charge in [0.2, 0.25) is 0 Å². The first-order chi connectivity index (χ1) is 9.24. The molecule has 0 fully saturated rings. The van der Waals surface area contributed by atoms with Crippen LogP contribution in [-0.4, -0.2) is 0 Å². The zero-order chi connectivity index (χ0) is 13.7. The van der Waals surface area contributed by atoms with E-state index in [4.69, 9.17) is 0 Å². The molecule has 1 aliphatic rings. The van der Waals surface area contributed by atoms with E-state index in [9.17, 15) is 0 Å². The van der Waals surface area contributed by atoms with Gasteiger partial charge in [0.1, 0.15) is 0 Å². The highest BCUT2D eigenvalue weighted by Crippen LogP contribution is 2.53. The van der Waals surface area contributed by atoms with Crippen molar-refractivity contribution in [1.29, 1.82) is 0 Å². The largest absolute Gasteiger partial charge is 0.0619 e. The maximum absolute atomic E-state index is 2.42.